The number of urea groups is 1. The van der Waals surface area contributed by atoms with E-state index in [9.17, 15) is 14.4 Å². The van der Waals surface area contributed by atoms with E-state index in [0.717, 1.165) is 0 Å². The van der Waals surface area contributed by atoms with Crippen LogP contribution < -0.4 is 15.4 Å². The van der Waals surface area contributed by atoms with E-state index in [1.165, 1.54) is 7.05 Å². The predicted octanol–water partition coefficient (Wildman–Crippen LogP) is 2.58. The molecule has 2 aromatic rings. The van der Waals surface area contributed by atoms with Crippen molar-refractivity contribution in [2.45, 2.75) is 25.6 Å². The lowest BCUT2D eigenvalue weighted by Gasteiger charge is -2.21. The molecule has 0 bridgehead atoms. The van der Waals surface area contributed by atoms with Crippen LogP contribution in [0.2, 0.25) is 0 Å². The lowest BCUT2D eigenvalue weighted by Crippen LogP contribution is -2.42. The zero-order chi connectivity index (χ0) is 19.6. The summed E-state index contributed by atoms with van der Waals surface area (Å²) in [6.07, 6.45) is -1.80. The third kappa shape index (κ3) is 5.85. The number of para-hydroxylation sites is 1. The largest absolute Gasteiger partial charge is 0.479 e. The van der Waals surface area contributed by atoms with Crippen molar-refractivity contribution >= 4 is 17.9 Å². The highest BCUT2D eigenvalue weighted by molar-refractivity contribution is 5.97. The van der Waals surface area contributed by atoms with Crippen molar-refractivity contribution in [2.75, 3.05) is 7.05 Å². The van der Waals surface area contributed by atoms with E-state index < -0.39 is 30.1 Å². The van der Waals surface area contributed by atoms with Crippen LogP contribution in [0, 0.1) is 0 Å². The van der Waals surface area contributed by atoms with Crippen molar-refractivity contribution in [2.24, 2.45) is 0 Å². The van der Waals surface area contributed by atoms with Crippen LogP contribution in [-0.2, 0) is 14.3 Å². The molecule has 0 spiro atoms. The van der Waals surface area contributed by atoms with Crippen LogP contribution in [0.5, 0.6) is 5.75 Å². The number of hydrogen-bond acceptors (Lipinski definition) is 5. The molecule has 0 aromatic heterocycles. The minimum absolute atomic E-state index is 0.353. The van der Waals surface area contributed by atoms with E-state index in [2.05, 4.69) is 10.6 Å². The minimum atomic E-state index is -1.27. The maximum absolute atomic E-state index is 12.6. The molecular weight excluding hydrogens is 348 g/mol. The molecule has 0 radical (unpaired) electrons. The molecule has 0 aliphatic heterocycles. The highest BCUT2D eigenvalue weighted by Crippen LogP contribution is 2.20. The third-order valence-corrected chi connectivity index (χ3v) is 3.69. The molecule has 7 nitrogen and oxygen atoms in total. The highest BCUT2D eigenvalue weighted by atomic mass is 16.6. The maximum atomic E-state index is 12.6. The molecular formula is C20H22N2O5. The van der Waals surface area contributed by atoms with Crippen LogP contribution in [0.1, 0.15) is 25.0 Å². The second kappa shape index (κ2) is 9.96. The van der Waals surface area contributed by atoms with Gasteiger partial charge in [-0.15, -0.1) is 0 Å². The number of rotatable bonds is 7. The van der Waals surface area contributed by atoms with E-state index in [0.29, 0.717) is 17.7 Å². The van der Waals surface area contributed by atoms with Crippen LogP contribution in [-0.4, -0.2) is 31.1 Å². The number of esters is 1. The van der Waals surface area contributed by atoms with E-state index in [1.54, 1.807) is 61.5 Å². The first-order chi connectivity index (χ1) is 13.0. The minimum Gasteiger partial charge on any atom is -0.479 e. The number of ether oxygens (including phenoxy) is 2. The van der Waals surface area contributed by atoms with E-state index in [1.807, 2.05) is 6.07 Å². The number of imide groups is 1. The summed E-state index contributed by atoms with van der Waals surface area (Å²) >= 11 is 0. The summed E-state index contributed by atoms with van der Waals surface area (Å²) in [5.74, 6) is -0.918. The Bertz CT molecular complexity index is 764. The molecule has 0 heterocycles. The smallest absolute Gasteiger partial charge is 0.348 e. The number of amides is 3. The molecule has 7 heteroatoms. The van der Waals surface area contributed by atoms with Gasteiger partial charge >= 0.3 is 12.0 Å². The Hall–Kier alpha value is -3.35. The Labute approximate surface area is 157 Å². The zero-order valence-electron chi connectivity index (χ0n) is 15.2. The highest BCUT2D eigenvalue weighted by Gasteiger charge is 2.30. The Morgan fingerprint density at radius 2 is 1.56 bits per heavy atom. The van der Waals surface area contributed by atoms with E-state index in [4.69, 9.17) is 9.47 Å². The Kier molecular flexibility index (Phi) is 7.37. The second-order valence-electron chi connectivity index (χ2n) is 5.62. The summed E-state index contributed by atoms with van der Waals surface area (Å²) in [5, 5.41) is 4.42. The molecule has 2 atom stereocenters. The topological polar surface area (TPSA) is 93.7 Å². The van der Waals surface area contributed by atoms with Crippen LogP contribution in [0.4, 0.5) is 4.79 Å². The van der Waals surface area contributed by atoms with Crippen molar-refractivity contribution in [1.82, 2.24) is 10.6 Å². The lowest BCUT2D eigenvalue weighted by atomic mass is 10.1. The number of hydrogen-bond donors (Lipinski definition) is 2. The Balaban J connectivity index is 2.16. The lowest BCUT2D eigenvalue weighted by molar-refractivity contribution is -0.163. The van der Waals surface area contributed by atoms with Gasteiger partial charge in [0.05, 0.1) is 0 Å². The van der Waals surface area contributed by atoms with Gasteiger partial charge in [0.1, 0.15) is 5.75 Å². The van der Waals surface area contributed by atoms with Crippen LogP contribution in [0.25, 0.3) is 0 Å². The SMILES string of the molecule is CC[C@@H](Oc1ccccc1)C(=O)O[C@@H](C(=O)NC(=O)NC)c1ccccc1. The van der Waals surface area contributed by atoms with E-state index >= 15 is 0 Å². The monoisotopic (exact) mass is 370 g/mol. The molecule has 2 rings (SSSR count). The first kappa shape index (κ1) is 20.0. The zero-order valence-corrected chi connectivity index (χ0v) is 15.2. The van der Waals surface area contributed by atoms with Crippen molar-refractivity contribution < 1.29 is 23.9 Å². The summed E-state index contributed by atoms with van der Waals surface area (Å²) in [4.78, 5) is 36.5. The fourth-order valence-corrected chi connectivity index (χ4v) is 2.29. The molecule has 3 amide bonds. The maximum Gasteiger partial charge on any atom is 0.348 e. The van der Waals surface area contributed by atoms with Gasteiger partial charge in [0.2, 0.25) is 6.10 Å². The average Bonchev–Trinajstić information content (AvgIpc) is 2.71. The van der Waals surface area contributed by atoms with Gasteiger partial charge < -0.3 is 14.8 Å². The first-order valence-electron chi connectivity index (χ1n) is 8.54. The molecule has 0 fully saturated rings. The Morgan fingerprint density at radius 1 is 0.963 bits per heavy atom. The van der Waals surface area contributed by atoms with Crippen LogP contribution in [0.15, 0.2) is 60.7 Å². The van der Waals surface area contributed by atoms with Crippen molar-refractivity contribution in [1.29, 1.82) is 0 Å². The molecule has 142 valence electrons. The third-order valence-electron chi connectivity index (χ3n) is 3.69. The molecule has 0 saturated heterocycles. The summed E-state index contributed by atoms with van der Waals surface area (Å²) in [6, 6.07) is 16.6. The number of carbonyl (C=O) groups excluding carboxylic acids is 3. The quantitative estimate of drug-likeness (QED) is 0.731. The van der Waals surface area contributed by atoms with Crippen molar-refractivity contribution in [3.63, 3.8) is 0 Å². The fourth-order valence-electron chi connectivity index (χ4n) is 2.29. The molecule has 0 aliphatic carbocycles. The van der Waals surface area contributed by atoms with Gasteiger partial charge in [0, 0.05) is 12.6 Å². The van der Waals surface area contributed by atoms with Crippen LogP contribution >= 0.6 is 0 Å². The normalized spacial score (nSPS) is 12.4. The van der Waals surface area contributed by atoms with Crippen molar-refractivity contribution in [3.05, 3.63) is 66.2 Å². The van der Waals surface area contributed by atoms with Gasteiger partial charge in [0.25, 0.3) is 5.91 Å². The summed E-state index contributed by atoms with van der Waals surface area (Å²) in [5.41, 5.74) is 0.446. The summed E-state index contributed by atoms with van der Waals surface area (Å²) in [7, 11) is 1.38. The summed E-state index contributed by atoms with van der Waals surface area (Å²) < 4.78 is 11.1. The Morgan fingerprint density at radius 3 is 2.11 bits per heavy atom. The molecule has 0 saturated carbocycles. The van der Waals surface area contributed by atoms with Gasteiger partial charge in [-0.1, -0.05) is 55.5 Å². The first-order valence-corrected chi connectivity index (χ1v) is 8.54. The van der Waals surface area contributed by atoms with Crippen molar-refractivity contribution in [3.8, 4) is 5.75 Å². The standard InChI is InChI=1S/C20H22N2O5/c1-3-16(26-15-12-8-5-9-13-15)19(24)27-17(14-10-6-4-7-11-14)18(23)22-20(25)21-2/h4-13,16-17H,3H2,1-2H3,(H2,21,22,23,25)/t16-,17-/m1/s1. The predicted molar refractivity (Wildman–Crippen MR) is 99.0 cm³/mol. The van der Waals surface area contributed by atoms with Gasteiger partial charge in [0.15, 0.2) is 6.10 Å². The van der Waals surface area contributed by atoms with Gasteiger partial charge in [-0.05, 0) is 18.6 Å². The molecule has 0 aliphatic rings. The molecule has 27 heavy (non-hydrogen) atoms. The van der Waals surface area contributed by atoms with Crippen LogP contribution in [0.3, 0.4) is 0 Å². The van der Waals surface area contributed by atoms with E-state index in [-0.39, 0.29) is 0 Å². The summed E-state index contributed by atoms with van der Waals surface area (Å²) in [6.45, 7) is 1.77. The number of benzene rings is 2. The fraction of sp³-hybridized carbons (Fsp3) is 0.250. The van der Waals surface area contributed by atoms with Gasteiger partial charge in [-0.25, -0.2) is 9.59 Å². The van der Waals surface area contributed by atoms with Gasteiger partial charge in [-0.2, -0.15) is 0 Å². The number of carbonyl (C=O) groups is 3. The molecule has 0 unspecified atom stereocenters. The molecule has 2 aromatic carbocycles. The van der Waals surface area contributed by atoms with Gasteiger partial charge in [-0.3, -0.25) is 10.1 Å². The molecule has 2 N–H and O–H groups in total. The second-order valence-corrected chi connectivity index (χ2v) is 5.62. The average molecular weight is 370 g/mol. The number of nitrogens with one attached hydrogen (secondary N) is 2.